The second-order valence-electron chi connectivity index (χ2n) is 8.64. The highest BCUT2D eigenvalue weighted by atomic mass is 19.4. The second kappa shape index (κ2) is 8.78. The minimum absolute atomic E-state index is 0.0470. The molecule has 182 valence electrons. The Bertz CT molecular complexity index is 1160. The van der Waals surface area contributed by atoms with Gasteiger partial charge in [0.25, 0.3) is 0 Å². The predicted molar refractivity (Wildman–Crippen MR) is 118 cm³/mol. The quantitative estimate of drug-likeness (QED) is 0.597. The highest BCUT2D eigenvalue weighted by Crippen LogP contribution is 2.34. The molecule has 13 heteroatoms. The summed E-state index contributed by atoms with van der Waals surface area (Å²) in [6.07, 6.45) is 0.818. The van der Waals surface area contributed by atoms with Gasteiger partial charge in [-0.05, 0) is 25.3 Å². The van der Waals surface area contributed by atoms with Crippen molar-refractivity contribution in [2.45, 2.75) is 37.5 Å². The Labute approximate surface area is 193 Å². The Morgan fingerprint density at radius 3 is 2.74 bits per heavy atom. The molecule has 0 bridgehead atoms. The summed E-state index contributed by atoms with van der Waals surface area (Å²) in [7, 11) is 1.65. The minimum atomic E-state index is -4.58. The first-order chi connectivity index (χ1) is 16.3. The number of aromatic amines is 1. The molecular weight excluding hydrogens is 453 g/mol. The third-order valence-corrected chi connectivity index (χ3v) is 6.49. The number of halogens is 3. The van der Waals surface area contributed by atoms with E-state index in [4.69, 9.17) is 4.74 Å². The number of carbonyl (C=O) groups excluding carboxylic acids is 1. The van der Waals surface area contributed by atoms with E-state index in [1.807, 2.05) is 6.07 Å². The van der Waals surface area contributed by atoms with Gasteiger partial charge in [-0.15, -0.1) is 0 Å². The van der Waals surface area contributed by atoms with Gasteiger partial charge < -0.3 is 14.5 Å². The number of ether oxygens (including phenoxy) is 1. The molecule has 3 aromatic rings. The molecule has 2 aliphatic rings. The summed E-state index contributed by atoms with van der Waals surface area (Å²) in [5.41, 5.74) is 0.824. The number of hydrogen-bond acceptors (Lipinski definition) is 6. The molecule has 2 amide bonds. The van der Waals surface area contributed by atoms with Gasteiger partial charge in [-0.2, -0.15) is 23.4 Å². The van der Waals surface area contributed by atoms with Gasteiger partial charge >= 0.3 is 12.2 Å². The highest BCUT2D eigenvalue weighted by Gasteiger charge is 2.39. The van der Waals surface area contributed by atoms with Crippen molar-refractivity contribution in [2.24, 2.45) is 0 Å². The van der Waals surface area contributed by atoms with Gasteiger partial charge in [0.05, 0.1) is 30.7 Å². The monoisotopic (exact) mass is 478 g/mol. The molecular formula is C21H25F3N8O2. The SMILES string of the molecule is CN(C(=O)Nc1cc(C(F)(F)F)n([C@@H]2CCOC2)n1)C1CCN(c2cnc3[nH]ncc3c2)CC1. The molecule has 2 aliphatic heterocycles. The standard InChI is InChI=1S/C21H25F3N8O2/c1-30(14-2-5-31(6-3-14)16-8-13-10-26-28-19(13)25-11-16)20(33)27-18-9-17(21(22,23)24)32(29-18)15-4-7-34-12-15/h8-11,14-15H,2-7,12H2,1H3,(H,25,26,28)(H,27,29,33)/t15-/m1/s1. The molecule has 2 N–H and O–H groups in total. The molecule has 3 aromatic heterocycles. The first-order valence-corrected chi connectivity index (χ1v) is 11.1. The number of amides is 2. The molecule has 1 atom stereocenters. The maximum Gasteiger partial charge on any atom is 0.433 e. The summed E-state index contributed by atoms with van der Waals surface area (Å²) in [5, 5.41) is 14.3. The van der Waals surface area contributed by atoms with Crippen molar-refractivity contribution in [3.8, 4) is 0 Å². The van der Waals surface area contributed by atoms with E-state index in [1.165, 1.54) is 0 Å². The average molecular weight is 478 g/mol. The summed E-state index contributed by atoms with van der Waals surface area (Å²) >= 11 is 0. The van der Waals surface area contributed by atoms with Crippen LogP contribution in [0.3, 0.4) is 0 Å². The maximum atomic E-state index is 13.5. The van der Waals surface area contributed by atoms with Crippen LogP contribution in [-0.2, 0) is 10.9 Å². The average Bonchev–Trinajstić information content (AvgIpc) is 3.58. The van der Waals surface area contributed by atoms with Crippen LogP contribution in [0.1, 0.15) is 31.0 Å². The summed E-state index contributed by atoms with van der Waals surface area (Å²) < 4.78 is 46.7. The van der Waals surface area contributed by atoms with Crippen LogP contribution >= 0.6 is 0 Å². The number of nitrogens with one attached hydrogen (secondary N) is 2. The first-order valence-electron chi connectivity index (χ1n) is 11.1. The van der Waals surface area contributed by atoms with Gasteiger partial charge in [0.2, 0.25) is 0 Å². The highest BCUT2D eigenvalue weighted by molar-refractivity contribution is 5.88. The lowest BCUT2D eigenvalue weighted by molar-refractivity contribution is -0.145. The van der Waals surface area contributed by atoms with Crippen LogP contribution in [0.2, 0.25) is 0 Å². The smallest absolute Gasteiger partial charge is 0.379 e. The number of hydrogen-bond donors (Lipinski definition) is 2. The molecule has 0 aliphatic carbocycles. The normalized spacial score (nSPS) is 19.6. The summed E-state index contributed by atoms with van der Waals surface area (Å²) in [4.78, 5) is 20.9. The molecule has 0 spiro atoms. The molecule has 0 radical (unpaired) electrons. The van der Waals surface area contributed by atoms with Crippen molar-refractivity contribution >= 4 is 28.6 Å². The molecule has 5 heterocycles. The lowest BCUT2D eigenvalue weighted by atomic mass is 10.0. The van der Waals surface area contributed by atoms with Crippen LogP contribution in [-0.4, -0.2) is 75.3 Å². The molecule has 0 unspecified atom stereocenters. The second-order valence-corrected chi connectivity index (χ2v) is 8.64. The third kappa shape index (κ3) is 4.39. The van der Waals surface area contributed by atoms with Gasteiger partial charge in [-0.1, -0.05) is 0 Å². The van der Waals surface area contributed by atoms with Crippen LogP contribution in [0.5, 0.6) is 0 Å². The zero-order valence-corrected chi connectivity index (χ0v) is 18.5. The van der Waals surface area contributed by atoms with Crippen LogP contribution in [0.4, 0.5) is 29.5 Å². The number of alkyl halides is 3. The number of piperidine rings is 1. The van der Waals surface area contributed by atoms with Crippen molar-refractivity contribution in [1.29, 1.82) is 0 Å². The Morgan fingerprint density at radius 2 is 2.03 bits per heavy atom. The van der Waals surface area contributed by atoms with Crippen molar-refractivity contribution in [3.05, 3.63) is 30.2 Å². The number of aromatic nitrogens is 5. The van der Waals surface area contributed by atoms with E-state index in [1.54, 1.807) is 24.3 Å². The van der Waals surface area contributed by atoms with Gasteiger partial charge in [0, 0.05) is 44.2 Å². The third-order valence-electron chi connectivity index (χ3n) is 6.49. The number of fused-ring (bicyclic) bond motifs is 1. The van der Waals surface area contributed by atoms with E-state index in [-0.39, 0.29) is 18.5 Å². The number of H-pyrrole nitrogens is 1. The summed E-state index contributed by atoms with van der Waals surface area (Å²) in [6, 6.07) is 1.87. The van der Waals surface area contributed by atoms with Crippen LogP contribution in [0.25, 0.3) is 11.0 Å². The molecule has 0 saturated carbocycles. The Morgan fingerprint density at radius 1 is 1.24 bits per heavy atom. The number of pyridine rings is 1. The Balaban J connectivity index is 1.22. The Kier molecular flexibility index (Phi) is 5.80. The van der Waals surface area contributed by atoms with Crippen molar-refractivity contribution in [3.63, 3.8) is 0 Å². The minimum Gasteiger partial charge on any atom is -0.379 e. The van der Waals surface area contributed by atoms with E-state index in [0.29, 0.717) is 13.0 Å². The van der Waals surface area contributed by atoms with E-state index in [2.05, 4.69) is 30.5 Å². The fraction of sp³-hybridized carbons (Fsp3) is 0.524. The van der Waals surface area contributed by atoms with Crippen molar-refractivity contribution < 1.29 is 22.7 Å². The number of anilines is 2. The van der Waals surface area contributed by atoms with Gasteiger partial charge in [-0.25, -0.2) is 9.78 Å². The van der Waals surface area contributed by atoms with E-state index in [0.717, 1.165) is 53.4 Å². The zero-order chi connectivity index (χ0) is 23.9. The van der Waals surface area contributed by atoms with E-state index in [9.17, 15) is 18.0 Å². The molecule has 2 fully saturated rings. The fourth-order valence-corrected chi connectivity index (χ4v) is 4.53. The van der Waals surface area contributed by atoms with Crippen LogP contribution < -0.4 is 10.2 Å². The molecule has 2 saturated heterocycles. The number of rotatable bonds is 4. The lowest BCUT2D eigenvalue weighted by Gasteiger charge is -2.37. The van der Waals surface area contributed by atoms with E-state index < -0.39 is 23.9 Å². The molecule has 0 aromatic carbocycles. The van der Waals surface area contributed by atoms with E-state index >= 15 is 0 Å². The molecule has 5 rings (SSSR count). The van der Waals surface area contributed by atoms with Gasteiger partial charge in [-0.3, -0.25) is 15.1 Å². The molecule has 10 nitrogen and oxygen atoms in total. The largest absolute Gasteiger partial charge is 0.433 e. The first kappa shape index (κ1) is 22.4. The fourth-order valence-electron chi connectivity index (χ4n) is 4.53. The number of carbonyl (C=O) groups is 1. The van der Waals surface area contributed by atoms with Crippen LogP contribution in [0.15, 0.2) is 24.5 Å². The predicted octanol–water partition coefficient (Wildman–Crippen LogP) is 3.27. The topological polar surface area (TPSA) is 104 Å². The summed E-state index contributed by atoms with van der Waals surface area (Å²) in [5.74, 6) is -0.118. The van der Waals surface area contributed by atoms with Gasteiger partial charge in [0.15, 0.2) is 11.5 Å². The molecule has 34 heavy (non-hydrogen) atoms. The number of urea groups is 1. The Hall–Kier alpha value is -3.35. The zero-order valence-electron chi connectivity index (χ0n) is 18.5. The number of nitrogens with zero attached hydrogens (tertiary/aromatic N) is 6. The summed E-state index contributed by atoms with van der Waals surface area (Å²) in [6.45, 7) is 2.00. The van der Waals surface area contributed by atoms with Crippen LogP contribution in [0, 0.1) is 0 Å². The van der Waals surface area contributed by atoms with Crippen molar-refractivity contribution in [2.75, 3.05) is 43.6 Å². The van der Waals surface area contributed by atoms with Crippen molar-refractivity contribution in [1.82, 2.24) is 29.9 Å². The van der Waals surface area contributed by atoms with Gasteiger partial charge in [0.1, 0.15) is 5.69 Å². The maximum absolute atomic E-state index is 13.5. The lowest BCUT2D eigenvalue weighted by Crippen LogP contribution is -2.47.